The first-order valence-electron chi connectivity index (χ1n) is 5.20. The number of nitrogens with two attached hydrogens (primary N) is 1. The predicted octanol–water partition coefficient (Wildman–Crippen LogP) is 2.72. The Morgan fingerprint density at radius 1 is 1.06 bits per heavy atom. The maximum Gasteiger partial charge on any atom is 0.126 e. The summed E-state index contributed by atoms with van der Waals surface area (Å²) < 4.78 is 26.1. The minimum Gasteiger partial charge on any atom is -0.320 e. The standard InChI is InChI=1S/C13H12F2N2/c1-8-2-3-9(7-17-8)13(16)10-4-11(14)6-12(15)5-10/h2-7,13H,16H2,1H3. The molecule has 0 fully saturated rings. The molecule has 1 aromatic carbocycles. The summed E-state index contributed by atoms with van der Waals surface area (Å²) in [6.07, 6.45) is 1.61. The number of hydrogen-bond donors (Lipinski definition) is 1. The van der Waals surface area contributed by atoms with Crippen molar-refractivity contribution in [3.05, 3.63) is 65.0 Å². The first-order valence-corrected chi connectivity index (χ1v) is 5.20. The molecule has 2 rings (SSSR count). The minimum absolute atomic E-state index is 0.396. The van der Waals surface area contributed by atoms with Gasteiger partial charge in [0.1, 0.15) is 11.6 Å². The molecule has 1 atom stereocenters. The number of aryl methyl sites for hydroxylation is 1. The lowest BCUT2D eigenvalue weighted by Crippen LogP contribution is -2.12. The largest absolute Gasteiger partial charge is 0.320 e. The smallest absolute Gasteiger partial charge is 0.126 e. The van der Waals surface area contributed by atoms with Gasteiger partial charge in [0.05, 0.1) is 6.04 Å². The molecule has 0 aliphatic heterocycles. The lowest BCUT2D eigenvalue weighted by molar-refractivity contribution is 0.577. The Hall–Kier alpha value is -1.81. The molecule has 1 unspecified atom stereocenters. The van der Waals surface area contributed by atoms with E-state index in [9.17, 15) is 8.78 Å². The second-order valence-electron chi connectivity index (χ2n) is 3.91. The molecule has 0 saturated heterocycles. The molecule has 0 radical (unpaired) electrons. The van der Waals surface area contributed by atoms with Crippen molar-refractivity contribution >= 4 is 0 Å². The fourth-order valence-electron chi connectivity index (χ4n) is 1.61. The fraction of sp³-hybridized carbons (Fsp3) is 0.154. The van der Waals surface area contributed by atoms with Crippen molar-refractivity contribution in [2.75, 3.05) is 0 Å². The molecule has 2 aromatic rings. The molecule has 0 saturated carbocycles. The monoisotopic (exact) mass is 234 g/mol. The van der Waals surface area contributed by atoms with E-state index in [4.69, 9.17) is 5.73 Å². The third-order valence-corrected chi connectivity index (χ3v) is 2.54. The van der Waals surface area contributed by atoms with Gasteiger partial charge in [0.2, 0.25) is 0 Å². The third-order valence-electron chi connectivity index (χ3n) is 2.54. The first kappa shape index (κ1) is 11.7. The van der Waals surface area contributed by atoms with Gasteiger partial charge in [0.15, 0.2) is 0 Å². The molecule has 0 spiro atoms. The van der Waals surface area contributed by atoms with E-state index < -0.39 is 17.7 Å². The van der Waals surface area contributed by atoms with Gasteiger partial charge in [-0.3, -0.25) is 4.98 Å². The van der Waals surface area contributed by atoms with Crippen molar-refractivity contribution in [2.45, 2.75) is 13.0 Å². The summed E-state index contributed by atoms with van der Waals surface area (Å²) in [4.78, 5) is 4.10. The van der Waals surface area contributed by atoms with E-state index in [1.165, 1.54) is 12.1 Å². The van der Waals surface area contributed by atoms with E-state index in [0.717, 1.165) is 17.3 Å². The van der Waals surface area contributed by atoms with Crippen LogP contribution >= 0.6 is 0 Å². The van der Waals surface area contributed by atoms with Crippen LogP contribution in [0.1, 0.15) is 22.9 Å². The van der Waals surface area contributed by atoms with Crippen LogP contribution in [0, 0.1) is 18.6 Å². The van der Waals surface area contributed by atoms with E-state index >= 15 is 0 Å². The molecule has 2 N–H and O–H groups in total. The van der Waals surface area contributed by atoms with Crippen molar-refractivity contribution in [3.63, 3.8) is 0 Å². The Balaban J connectivity index is 2.36. The molecule has 0 aliphatic rings. The van der Waals surface area contributed by atoms with Gasteiger partial charge in [0.25, 0.3) is 0 Å². The quantitative estimate of drug-likeness (QED) is 0.867. The van der Waals surface area contributed by atoms with E-state index in [2.05, 4.69) is 4.98 Å². The molecule has 88 valence electrons. The van der Waals surface area contributed by atoms with Gasteiger partial charge in [-0.2, -0.15) is 0 Å². The molecular weight excluding hydrogens is 222 g/mol. The van der Waals surface area contributed by atoms with Crippen molar-refractivity contribution in [3.8, 4) is 0 Å². The van der Waals surface area contributed by atoms with Crippen LogP contribution in [-0.2, 0) is 0 Å². The zero-order valence-corrected chi connectivity index (χ0v) is 9.32. The van der Waals surface area contributed by atoms with Crippen molar-refractivity contribution in [2.24, 2.45) is 5.73 Å². The second kappa shape index (κ2) is 4.59. The van der Waals surface area contributed by atoms with Gasteiger partial charge in [-0.25, -0.2) is 8.78 Å². The van der Waals surface area contributed by atoms with Crippen LogP contribution in [0.4, 0.5) is 8.78 Å². The van der Waals surface area contributed by atoms with Gasteiger partial charge >= 0.3 is 0 Å². The number of rotatable bonds is 2. The van der Waals surface area contributed by atoms with Crippen LogP contribution in [-0.4, -0.2) is 4.98 Å². The van der Waals surface area contributed by atoms with Crippen molar-refractivity contribution in [1.29, 1.82) is 0 Å². The Bertz CT molecular complexity index is 503. The van der Waals surface area contributed by atoms with Crippen molar-refractivity contribution in [1.82, 2.24) is 4.98 Å². The summed E-state index contributed by atoms with van der Waals surface area (Å²) in [6, 6.07) is 6.32. The molecule has 0 amide bonds. The number of benzene rings is 1. The average Bonchev–Trinajstić information content (AvgIpc) is 2.28. The Morgan fingerprint density at radius 3 is 2.24 bits per heavy atom. The van der Waals surface area contributed by atoms with E-state index in [1.54, 1.807) is 12.3 Å². The van der Waals surface area contributed by atoms with Crippen LogP contribution in [0.2, 0.25) is 0 Å². The second-order valence-corrected chi connectivity index (χ2v) is 3.91. The molecule has 4 heteroatoms. The summed E-state index contributed by atoms with van der Waals surface area (Å²) in [6.45, 7) is 1.86. The maximum absolute atomic E-state index is 13.1. The van der Waals surface area contributed by atoms with Crippen LogP contribution in [0.5, 0.6) is 0 Å². The maximum atomic E-state index is 13.1. The van der Waals surface area contributed by atoms with Gasteiger partial charge in [-0.1, -0.05) is 6.07 Å². The lowest BCUT2D eigenvalue weighted by atomic mass is 10.0. The zero-order valence-electron chi connectivity index (χ0n) is 9.32. The molecule has 17 heavy (non-hydrogen) atoms. The van der Waals surface area contributed by atoms with Crippen LogP contribution in [0.3, 0.4) is 0 Å². The number of nitrogens with zero attached hydrogens (tertiary/aromatic N) is 1. The van der Waals surface area contributed by atoms with E-state index in [1.807, 2.05) is 13.0 Å². The topological polar surface area (TPSA) is 38.9 Å². The van der Waals surface area contributed by atoms with Gasteiger partial charge < -0.3 is 5.73 Å². The molecule has 1 heterocycles. The normalized spacial score (nSPS) is 12.5. The number of pyridine rings is 1. The Kier molecular flexibility index (Phi) is 3.15. The minimum atomic E-state index is -0.629. The van der Waals surface area contributed by atoms with Gasteiger partial charge in [-0.15, -0.1) is 0 Å². The highest BCUT2D eigenvalue weighted by Crippen LogP contribution is 2.20. The highest BCUT2D eigenvalue weighted by molar-refractivity contribution is 5.30. The highest BCUT2D eigenvalue weighted by Gasteiger charge is 2.11. The van der Waals surface area contributed by atoms with Gasteiger partial charge in [-0.05, 0) is 36.2 Å². The van der Waals surface area contributed by atoms with Crippen LogP contribution < -0.4 is 5.73 Å². The molecule has 2 nitrogen and oxygen atoms in total. The number of halogens is 2. The van der Waals surface area contributed by atoms with E-state index in [-0.39, 0.29) is 0 Å². The SMILES string of the molecule is Cc1ccc(C(N)c2cc(F)cc(F)c2)cn1. The summed E-state index contributed by atoms with van der Waals surface area (Å²) in [5.41, 5.74) is 7.92. The molecule has 0 aliphatic carbocycles. The summed E-state index contributed by atoms with van der Waals surface area (Å²) >= 11 is 0. The van der Waals surface area contributed by atoms with Crippen LogP contribution in [0.15, 0.2) is 36.5 Å². The van der Waals surface area contributed by atoms with Crippen LogP contribution in [0.25, 0.3) is 0 Å². The lowest BCUT2D eigenvalue weighted by Gasteiger charge is -2.12. The summed E-state index contributed by atoms with van der Waals surface area (Å²) in [5, 5.41) is 0. The van der Waals surface area contributed by atoms with Gasteiger partial charge in [0, 0.05) is 18.0 Å². The zero-order chi connectivity index (χ0) is 12.4. The highest BCUT2D eigenvalue weighted by atomic mass is 19.1. The molecular formula is C13H12F2N2. The summed E-state index contributed by atoms with van der Waals surface area (Å²) in [7, 11) is 0. The molecule has 0 bridgehead atoms. The fourth-order valence-corrected chi connectivity index (χ4v) is 1.61. The Morgan fingerprint density at radius 2 is 1.71 bits per heavy atom. The average molecular weight is 234 g/mol. The third kappa shape index (κ3) is 2.65. The number of hydrogen-bond acceptors (Lipinski definition) is 2. The number of aromatic nitrogens is 1. The van der Waals surface area contributed by atoms with E-state index in [0.29, 0.717) is 5.56 Å². The predicted molar refractivity (Wildman–Crippen MR) is 61.4 cm³/mol. The molecule has 1 aromatic heterocycles. The summed E-state index contributed by atoms with van der Waals surface area (Å²) in [5.74, 6) is -1.26. The Labute approximate surface area is 98.1 Å². The first-order chi connectivity index (χ1) is 8.06. The van der Waals surface area contributed by atoms with Crippen molar-refractivity contribution < 1.29 is 8.78 Å².